The van der Waals surface area contributed by atoms with Crippen molar-refractivity contribution in [1.29, 1.82) is 0 Å². The molecule has 2 aliphatic rings. The van der Waals surface area contributed by atoms with E-state index in [2.05, 4.69) is 16.7 Å². The van der Waals surface area contributed by atoms with Crippen LogP contribution < -0.4 is 18.8 Å². The summed E-state index contributed by atoms with van der Waals surface area (Å²) in [6.07, 6.45) is -0.0163. The number of phenolic OH excluding ortho intramolecular Hbond substituents is 1. The van der Waals surface area contributed by atoms with E-state index >= 15 is 0 Å². The van der Waals surface area contributed by atoms with Gasteiger partial charge in [-0.2, -0.15) is 4.57 Å². The standard InChI is InChI=1S/C22H17NO5/c1-26-17-5-4-13-14-3-2-11-6-18-19(28-10-27-18)8-15(11)21(14)23-9-12(24)7-16(23)20(13)22(17)25/h2-6,8,12,24H,7,9-10H2,1H3/p+1. The van der Waals surface area contributed by atoms with Crippen LogP contribution in [-0.4, -0.2) is 30.2 Å². The average molecular weight is 376 g/mol. The van der Waals surface area contributed by atoms with E-state index in [-0.39, 0.29) is 12.5 Å². The minimum Gasteiger partial charge on any atom is -0.504 e. The third-order valence-electron chi connectivity index (χ3n) is 5.84. The third-order valence-corrected chi connectivity index (χ3v) is 5.84. The molecule has 0 amide bonds. The van der Waals surface area contributed by atoms with Crippen molar-refractivity contribution in [3.63, 3.8) is 0 Å². The minimum absolute atomic E-state index is 0.116. The first-order chi connectivity index (χ1) is 13.7. The van der Waals surface area contributed by atoms with Crippen molar-refractivity contribution in [3.05, 3.63) is 42.1 Å². The number of aliphatic hydroxyl groups excluding tert-OH is 1. The molecule has 0 radical (unpaired) electrons. The van der Waals surface area contributed by atoms with Gasteiger partial charge in [0.2, 0.25) is 12.3 Å². The second-order valence-electron chi connectivity index (χ2n) is 7.34. The number of phenols is 1. The van der Waals surface area contributed by atoms with E-state index in [9.17, 15) is 10.2 Å². The molecule has 3 aromatic carbocycles. The van der Waals surface area contributed by atoms with E-state index in [1.807, 2.05) is 18.2 Å². The summed E-state index contributed by atoms with van der Waals surface area (Å²) in [4.78, 5) is 0. The summed E-state index contributed by atoms with van der Waals surface area (Å²) < 4.78 is 18.6. The molecule has 0 saturated carbocycles. The molecule has 0 saturated heterocycles. The first-order valence-corrected chi connectivity index (χ1v) is 9.24. The number of hydrogen-bond acceptors (Lipinski definition) is 5. The lowest BCUT2D eigenvalue weighted by molar-refractivity contribution is -0.667. The van der Waals surface area contributed by atoms with Crippen molar-refractivity contribution < 1.29 is 29.0 Å². The normalized spacial score (nSPS) is 17.6. The maximum Gasteiger partial charge on any atom is 0.231 e. The van der Waals surface area contributed by atoms with E-state index in [1.165, 1.54) is 0 Å². The van der Waals surface area contributed by atoms with Gasteiger partial charge in [-0.25, -0.2) is 0 Å². The fraction of sp³-hybridized carbons (Fsp3) is 0.227. The van der Waals surface area contributed by atoms with Crippen LogP contribution in [0.4, 0.5) is 0 Å². The van der Waals surface area contributed by atoms with E-state index in [4.69, 9.17) is 14.2 Å². The average Bonchev–Trinajstić information content (AvgIpc) is 3.31. The topological polar surface area (TPSA) is 72.0 Å². The number of aromatic hydroxyl groups is 1. The number of ether oxygens (including phenoxy) is 3. The molecule has 2 N–H and O–H groups in total. The largest absolute Gasteiger partial charge is 0.504 e. The van der Waals surface area contributed by atoms with Gasteiger partial charge in [0.05, 0.1) is 29.7 Å². The zero-order valence-corrected chi connectivity index (χ0v) is 15.2. The zero-order chi connectivity index (χ0) is 19.0. The molecule has 0 bridgehead atoms. The molecule has 4 aromatic rings. The minimum atomic E-state index is -0.497. The Bertz CT molecular complexity index is 1310. The van der Waals surface area contributed by atoms with Gasteiger partial charge in [-0.05, 0) is 35.7 Å². The van der Waals surface area contributed by atoms with Crippen LogP contribution in [0.15, 0.2) is 36.4 Å². The molecular formula is C22H18NO5+. The molecule has 6 heteroatoms. The maximum atomic E-state index is 10.8. The summed E-state index contributed by atoms with van der Waals surface area (Å²) in [5.41, 5.74) is 1.94. The summed E-state index contributed by atoms with van der Waals surface area (Å²) in [5, 5.41) is 26.0. The second-order valence-corrected chi connectivity index (χ2v) is 7.34. The van der Waals surface area contributed by atoms with Crippen LogP contribution in [0.3, 0.4) is 0 Å². The Morgan fingerprint density at radius 1 is 1.04 bits per heavy atom. The molecule has 2 aliphatic heterocycles. The summed E-state index contributed by atoms with van der Waals surface area (Å²) in [6, 6.07) is 11.9. The molecule has 6 rings (SSSR count). The lowest BCUT2D eigenvalue weighted by Gasteiger charge is -2.12. The monoisotopic (exact) mass is 376 g/mol. The Balaban J connectivity index is 1.84. The van der Waals surface area contributed by atoms with Crippen LogP contribution in [0.25, 0.3) is 32.4 Å². The highest BCUT2D eigenvalue weighted by atomic mass is 16.7. The number of aromatic nitrogens is 1. The van der Waals surface area contributed by atoms with Crippen molar-refractivity contribution in [2.24, 2.45) is 0 Å². The van der Waals surface area contributed by atoms with Crippen LogP contribution in [0.1, 0.15) is 5.69 Å². The fourth-order valence-electron chi connectivity index (χ4n) is 4.64. The molecule has 0 fully saturated rings. The molecule has 140 valence electrons. The lowest BCUT2D eigenvalue weighted by Crippen LogP contribution is -2.36. The first kappa shape index (κ1) is 15.8. The van der Waals surface area contributed by atoms with Crippen LogP contribution in [0.2, 0.25) is 0 Å². The van der Waals surface area contributed by atoms with Crippen molar-refractivity contribution in [2.75, 3.05) is 13.9 Å². The number of methoxy groups -OCH3 is 1. The Morgan fingerprint density at radius 2 is 1.82 bits per heavy atom. The van der Waals surface area contributed by atoms with Crippen LogP contribution in [0.5, 0.6) is 23.0 Å². The molecule has 0 spiro atoms. The summed E-state index contributed by atoms with van der Waals surface area (Å²) in [6.45, 7) is 0.704. The van der Waals surface area contributed by atoms with Crippen molar-refractivity contribution in [3.8, 4) is 23.0 Å². The Hall–Kier alpha value is -3.25. The number of pyridine rings is 1. The highest BCUT2D eigenvalue weighted by molar-refractivity contribution is 6.16. The predicted molar refractivity (Wildman–Crippen MR) is 103 cm³/mol. The van der Waals surface area contributed by atoms with Gasteiger partial charge in [-0.3, -0.25) is 0 Å². The molecule has 1 atom stereocenters. The molecule has 1 unspecified atom stereocenters. The summed E-state index contributed by atoms with van der Waals surface area (Å²) in [7, 11) is 1.54. The van der Waals surface area contributed by atoms with Crippen LogP contribution >= 0.6 is 0 Å². The Labute approximate surface area is 160 Å². The first-order valence-electron chi connectivity index (χ1n) is 9.24. The molecule has 1 aromatic heterocycles. The van der Waals surface area contributed by atoms with E-state index in [0.29, 0.717) is 18.7 Å². The van der Waals surface area contributed by atoms with Crippen LogP contribution in [0, 0.1) is 0 Å². The highest BCUT2D eigenvalue weighted by Crippen LogP contribution is 2.43. The van der Waals surface area contributed by atoms with Crippen molar-refractivity contribution in [2.45, 2.75) is 19.1 Å². The molecular weight excluding hydrogens is 358 g/mol. The van der Waals surface area contributed by atoms with Crippen molar-refractivity contribution in [1.82, 2.24) is 0 Å². The van der Waals surface area contributed by atoms with Gasteiger partial charge in [0.1, 0.15) is 6.10 Å². The van der Waals surface area contributed by atoms with Crippen molar-refractivity contribution >= 4 is 32.4 Å². The Kier molecular flexibility index (Phi) is 3.04. The summed E-state index contributed by atoms with van der Waals surface area (Å²) in [5.74, 6) is 2.02. The van der Waals surface area contributed by atoms with Gasteiger partial charge in [0.15, 0.2) is 35.2 Å². The number of nitrogens with zero attached hydrogens (tertiary/aromatic N) is 1. The van der Waals surface area contributed by atoms with Gasteiger partial charge < -0.3 is 24.4 Å². The van der Waals surface area contributed by atoms with Gasteiger partial charge in [0, 0.05) is 5.39 Å². The Morgan fingerprint density at radius 3 is 2.64 bits per heavy atom. The number of benzene rings is 3. The number of fused-ring (bicyclic) bond motifs is 9. The number of aliphatic hydroxyl groups is 1. The fourth-order valence-corrected chi connectivity index (χ4v) is 4.64. The quantitative estimate of drug-likeness (QED) is 0.395. The molecule has 0 aliphatic carbocycles. The van der Waals surface area contributed by atoms with Gasteiger partial charge in [0.25, 0.3) is 0 Å². The van der Waals surface area contributed by atoms with E-state index in [1.54, 1.807) is 13.2 Å². The second kappa shape index (κ2) is 5.39. The molecule has 3 heterocycles. The van der Waals surface area contributed by atoms with Crippen LogP contribution in [-0.2, 0) is 13.0 Å². The maximum absolute atomic E-state index is 10.8. The van der Waals surface area contributed by atoms with E-state index in [0.717, 1.165) is 49.6 Å². The summed E-state index contributed by atoms with van der Waals surface area (Å²) >= 11 is 0. The van der Waals surface area contributed by atoms with E-state index < -0.39 is 6.10 Å². The smallest absolute Gasteiger partial charge is 0.231 e. The van der Waals surface area contributed by atoms with Gasteiger partial charge in [-0.15, -0.1) is 0 Å². The van der Waals surface area contributed by atoms with Gasteiger partial charge in [-0.1, -0.05) is 6.07 Å². The highest BCUT2D eigenvalue weighted by Gasteiger charge is 2.35. The molecule has 28 heavy (non-hydrogen) atoms. The zero-order valence-electron chi connectivity index (χ0n) is 15.2. The molecule has 6 nitrogen and oxygen atoms in total. The lowest BCUT2D eigenvalue weighted by atomic mass is 9.98. The third kappa shape index (κ3) is 1.93. The predicted octanol–water partition coefficient (Wildman–Crippen LogP) is 2.79. The number of rotatable bonds is 1. The number of hydrogen-bond donors (Lipinski definition) is 2. The SMILES string of the molecule is COc1ccc2c(c1O)c1[n+](c3c4cc5c(cc4ccc23)OCO5)CC(O)C1. The van der Waals surface area contributed by atoms with Gasteiger partial charge >= 0.3 is 0 Å².